The molecule has 1 unspecified atom stereocenters. The number of amides is 3. The lowest BCUT2D eigenvalue weighted by Crippen LogP contribution is -2.38. The molecule has 1 fully saturated rings. The van der Waals surface area contributed by atoms with Gasteiger partial charge in [0.1, 0.15) is 0 Å². The molecule has 0 aliphatic carbocycles. The van der Waals surface area contributed by atoms with Gasteiger partial charge < -0.3 is 5.32 Å². The second-order valence-corrected chi connectivity index (χ2v) is 7.83. The summed E-state index contributed by atoms with van der Waals surface area (Å²) in [5.74, 6) is 0.766. The number of hydrogen-bond donors (Lipinski definition) is 1. The molecule has 0 aromatic carbocycles. The maximum absolute atomic E-state index is 12.1. The first-order chi connectivity index (χ1) is 9.11. The predicted octanol–water partition coefficient (Wildman–Crippen LogP) is 1.68. The fourth-order valence-corrected chi connectivity index (χ4v) is 4.65. The first-order valence-corrected chi connectivity index (χ1v) is 8.52. The lowest BCUT2D eigenvalue weighted by atomic mass is 10.4. The average molecular weight is 318 g/mol. The van der Waals surface area contributed by atoms with E-state index in [-0.39, 0.29) is 17.2 Å². The Morgan fingerprint density at radius 1 is 1.53 bits per heavy atom. The second-order valence-electron chi connectivity index (χ2n) is 3.75. The van der Waals surface area contributed by atoms with Crippen LogP contribution in [-0.4, -0.2) is 51.1 Å². The first kappa shape index (κ1) is 14.6. The molecule has 1 aromatic rings. The highest BCUT2D eigenvalue weighted by Gasteiger charge is 2.30. The fourth-order valence-electron chi connectivity index (χ4n) is 1.53. The van der Waals surface area contributed by atoms with Gasteiger partial charge in [-0.25, -0.2) is 4.79 Å². The number of thioether (sulfide) groups is 2. The van der Waals surface area contributed by atoms with Gasteiger partial charge >= 0.3 is 6.03 Å². The van der Waals surface area contributed by atoms with Crippen molar-refractivity contribution in [1.29, 1.82) is 0 Å². The summed E-state index contributed by atoms with van der Waals surface area (Å²) in [5, 5.41) is 10.4. The maximum atomic E-state index is 12.1. The third-order valence-corrected chi connectivity index (χ3v) is 5.51. The van der Waals surface area contributed by atoms with Gasteiger partial charge in [0.15, 0.2) is 8.68 Å². The molecule has 0 saturated carbocycles. The first-order valence-electron chi connectivity index (χ1n) is 5.84. The molecule has 0 radical (unpaired) electrons. The minimum absolute atomic E-state index is 0.181. The Morgan fingerprint density at radius 2 is 2.26 bits per heavy atom. The number of nitrogens with zero attached hydrogens (tertiary/aromatic N) is 3. The van der Waals surface area contributed by atoms with E-state index in [1.807, 2.05) is 0 Å². The molecule has 1 aliphatic rings. The van der Waals surface area contributed by atoms with Crippen molar-refractivity contribution in [2.24, 2.45) is 0 Å². The Hall–Kier alpha value is -0.800. The van der Waals surface area contributed by atoms with E-state index in [1.54, 1.807) is 18.7 Å². The summed E-state index contributed by atoms with van der Waals surface area (Å²) in [7, 11) is 0. The van der Waals surface area contributed by atoms with E-state index >= 15 is 0 Å². The summed E-state index contributed by atoms with van der Waals surface area (Å²) in [6, 6.07) is -0.308. The van der Waals surface area contributed by atoms with Gasteiger partial charge in [-0.05, 0) is 12.7 Å². The molecule has 1 aromatic heterocycles. The van der Waals surface area contributed by atoms with Crippen LogP contribution in [0.15, 0.2) is 8.68 Å². The third kappa shape index (κ3) is 3.61. The van der Waals surface area contributed by atoms with Crippen molar-refractivity contribution in [1.82, 2.24) is 20.4 Å². The minimum atomic E-state index is -0.337. The molecule has 1 saturated heterocycles. The third-order valence-electron chi connectivity index (χ3n) is 2.40. The summed E-state index contributed by atoms with van der Waals surface area (Å²) >= 11 is 4.46. The highest BCUT2D eigenvalue weighted by molar-refractivity contribution is 8.03. The van der Waals surface area contributed by atoms with Crippen LogP contribution >= 0.6 is 34.9 Å². The Kier molecular flexibility index (Phi) is 5.06. The standard InChI is InChI=1S/C10H14N4O2S3/c1-3-17-9-12-13-10(19-9)18-6(2)7(15)14-5-4-11-8(14)16/h6H,3-5H2,1-2H3,(H,11,16). The van der Waals surface area contributed by atoms with Gasteiger partial charge in [0.05, 0.1) is 5.25 Å². The number of aromatic nitrogens is 2. The SMILES string of the molecule is CCSc1nnc(SC(C)C(=O)N2CCNC2=O)s1. The largest absolute Gasteiger partial charge is 0.336 e. The Bertz CT molecular complexity index is 479. The van der Waals surface area contributed by atoms with Crippen molar-refractivity contribution in [2.75, 3.05) is 18.8 Å². The van der Waals surface area contributed by atoms with Crippen molar-refractivity contribution >= 4 is 46.8 Å². The number of rotatable bonds is 5. The van der Waals surface area contributed by atoms with E-state index in [2.05, 4.69) is 22.4 Å². The number of carbonyl (C=O) groups excluding carboxylic acids is 2. The van der Waals surface area contributed by atoms with Crippen molar-refractivity contribution in [3.63, 3.8) is 0 Å². The van der Waals surface area contributed by atoms with Crippen LogP contribution in [0.5, 0.6) is 0 Å². The predicted molar refractivity (Wildman–Crippen MR) is 76.7 cm³/mol. The van der Waals surface area contributed by atoms with Gasteiger partial charge in [0, 0.05) is 13.1 Å². The lowest BCUT2D eigenvalue weighted by Gasteiger charge is -2.16. The summed E-state index contributed by atoms with van der Waals surface area (Å²) in [5.41, 5.74) is 0. The topological polar surface area (TPSA) is 75.2 Å². The van der Waals surface area contributed by atoms with Crippen LogP contribution in [-0.2, 0) is 4.79 Å². The summed E-state index contributed by atoms with van der Waals surface area (Å²) in [6.45, 7) is 4.80. The molecule has 19 heavy (non-hydrogen) atoms. The molecule has 2 heterocycles. The Balaban J connectivity index is 1.94. The van der Waals surface area contributed by atoms with Crippen LogP contribution in [0.25, 0.3) is 0 Å². The number of hydrogen-bond acceptors (Lipinski definition) is 7. The minimum Gasteiger partial charge on any atom is -0.336 e. The molecule has 1 N–H and O–H groups in total. The maximum Gasteiger partial charge on any atom is 0.324 e. The number of urea groups is 1. The summed E-state index contributed by atoms with van der Waals surface area (Å²) in [6.07, 6.45) is 0. The van der Waals surface area contributed by atoms with Crippen molar-refractivity contribution < 1.29 is 9.59 Å². The molecule has 104 valence electrons. The quantitative estimate of drug-likeness (QED) is 0.833. The molecular formula is C10H14N4O2S3. The fraction of sp³-hybridized carbons (Fsp3) is 0.600. The van der Waals surface area contributed by atoms with Crippen LogP contribution in [0.4, 0.5) is 4.79 Å². The number of imide groups is 1. The summed E-state index contributed by atoms with van der Waals surface area (Å²) < 4.78 is 1.67. The van der Waals surface area contributed by atoms with E-state index in [1.165, 1.54) is 28.0 Å². The van der Waals surface area contributed by atoms with Crippen molar-refractivity contribution in [3.05, 3.63) is 0 Å². The van der Waals surface area contributed by atoms with Gasteiger partial charge in [-0.3, -0.25) is 9.69 Å². The van der Waals surface area contributed by atoms with Crippen LogP contribution in [0, 0.1) is 0 Å². The highest BCUT2D eigenvalue weighted by Crippen LogP contribution is 2.31. The molecular weight excluding hydrogens is 304 g/mol. The van der Waals surface area contributed by atoms with Gasteiger partial charge in [-0.1, -0.05) is 41.8 Å². The zero-order chi connectivity index (χ0) is 13.8. The van der Waals surface area contributed by atoms with Crippen molar-refractivity contribution in [3.8, 4) is 0 Å². The molecule has 1 aliphatic heterocycles. The van der Waals surface area contributed by atoms with E-state index in [0.717, 1.165) is 14.4 Å². The molecule has 0 spiro atoms. The van der Waals surface area contributed by atoms with Crippen molar-refractivity contribution in [2.45, 2.75) is 27.8 Å². The molecule has 9 heteroatoms. The average Bonchev–Trinajstić information content (AvgIpc) is 2.98. The highest BCUT2D eigenvalue weighted by atomic mass is 32.2. The monoisotopic (exact) mass is 318 g/mol. The van der Waals surface area contributed by atoms with E-state index < -0.39 is 0 Å². The van der Waals surface area contributed by atoms with Gasteiger partial charge in [-0.15, -0.1) is 10.2 Å². The molecule has 6 nitrogen and oxygen atoms in total. The van der Waals surface area contributed by atoms with Crippen LogP contribution in [0.1, 0.15) is 13.8 Å². The van der Waals surface area contributed by atoms with Crippen LogP contribution in [0.3, 0.4) is 0 Å². The summed E-state index contributed by atoms with van der Waals surface area (Å²) in [4.78, 5) is 24.8. The van der Waals surface area contributed by atoms with E-state index in [9.17, 15) is 9.59 Å². The molecule has 3 amide bonds. The lowest BCUT2D eigenvalue weighted by molar-refractivity contribution is -0.126. The zero-order valence-electron chi connectivity index (χ0n) is 10.6. The van der Waals surface area contributed by atoms with Crippen LogP contribution < -0.4 is 5.32 Å². The number of nitrogens with one attached hydrogen (secondary N) is 1. The molecule has 2 rings (SSSR count). The van der Waals surface area contributed by atoms with Gasteiger partial charge in [-0.2, -0.15) is 0 Å². The number of carbonyl (C=O) groups is 2. The Morgan fingerprint density at radius 3 is 2.89 bits per heavy atom. The zero-order valence-corrected chi connectivity index (χ0v) is 13.0. The van der Waals surface area contributed by atoms with Crippen LogP contribution in [0.2, 0.25) is 0 Å². The normalized spacial score (nSPS) is 16.5. The molecule has 1 atom stereocenters. The second kappa shape index (κ2) is 6.58. The smallest absolute Gasteiger partial charge is 0.324 e. The molecule has 0 bridgehead atoms. The Labute approximate surface area is 123 Å². The van der Waals surface area contributed by atoms with Gasteiger partial charge in [0.2, 0.25) is 5.91 Å². The van der Waals surface area contributed by atoms with E-state index in [4.69, 9.17) is 0 Å². The van der Waals surface area contributed by atoms with E-state index in [0.29, 0.717) is 13.1 Å². The van der Waals surface area contributed by atoms with Gasteiger partial charge in [0.25, 0.3) is 0 Å².